The van der Waals surface area contributed by atoms with Crippen LogP contribution in [0.15, 0.2) is 36.5 Å². The maximum absolute atomic E-state index is 5.79. The van der Waals surface area contributed by atoms with E-state index >= 15 is 0 Å². The molecule has 3 nitrogen and oxygen atoms in total. The van der Waals surface area contributed by atoms with Crippen LogP contribution in [0.4, 0.5) is 0 Å². The molecule has 0 amide bonds. The van der Waals surface area contributed by atoms with Gasteiger partial charge in [0.25, 0.3) is 0 Å². The summed E-state index contributed by atoms with van der Waals surface area (Å²) in [7, 11) is 0. The van der Waals surface area contributed by atoms with Gasteiger partial charge in [-0.2, -0.15) is 0 Å². The maximum atomic E-state index is 5.79. The average Bonchev–Trinajstić information content (AvgIpc) is 2.35. The second kappa shape index (κ2) is 5.05. The first-order valence-electron chi connectivity index (χ1n) is 5.64. The van der Waals surface area contributed by atoms with Gasteiger partial charge >= 0.3 is 0 Å². The first kappa shape index (κ1) is 11.0. The lowest BCUT2D eigenvalue weighted by Gasteiger charge is -2.17. The van der Waals surface area contributed by atoms with Crippen LogP contribution in [-0.4, -0.2) is 18.1 Å². The largest absolute Gasteiger partial charge is 0.329 e. The molecule has 3 heteroatoms. The van der Waals surface area contributed by atoms with Crippen LogP contribution in [0.25, 0.3) is 10.9 Å². The highest BCUT2D eigenvalue weighted by Crippen LogP contribution is 2.21. The fraction of sp³-hybridized carbons (Fsp3) is 0.308. The fourth-order valence-electron chi connectivity index (χ4n) is 1.98. The molecule has 0 aliphatic heterocycles. The van der Waals surface area contributed by atoms with Gasteiger partial charge in [-0.25, -0.2) is 0 Å². The molecule has 0 aliphatic carbocycles. The van der Waals surface area contributed by atoms with E-state index in [0.717, 1.165) is 17.4 Å². The zero-order valence-corrected chi connectivity index (χ0v) is 9.48. The molecule has 0 spiro atoms. The lowest BCUT2D eigenvalue weighted by molar-refractivity contribution is 0.564. The molecule has 2 rings (SSSR count). The Labute approximate surface area is 95.7 Å². The molecule has 0 saturated heterocycles. The van der Waals surface area contributed by atoms with E-state index in [1.54, 1.807) is 0 Å². The summed E-state index contributed by atoms with van der Waals surface area (Å²) in [5.74, 6) is 0. The molecule has 1 unspecified atom stereocenters. The average molecular weight is 215 g/mol. The number of hydrogen-bond acceptors (Lipinski definition) is 3. The summed E-state index contributed by atoms with van der Waals surface area (Å²) in [4.78, 5) is 4.44. The molecular weight excluding hydrogens is 198 g/mol. The summed E-state index contributed by atoms with van der Waals surface area (Å²) in [6.45, 7) is 3.58. The van der Waals surface area contributed by atoms with Crippen molar-refractivity contribution in [2.45, 2.75) is 13.0 Å². The lowest BCUT2D eigenvalue weighted by Crippen LogP contribution is -2.28. The third-order valence-corrected chi connectivity index (χ3v) is 2.73. The zero-order valence-electron chi connectivity index (χ0n) is 9.48. The van der Waals surface area contributed by atoms with Crippen molar-refractivity contribution in [2.24, 2.45) is 5.73 Å². The van der Waals surface area contributed by atoms with Gasteiger partial charge in [0.15, 0.2) is 0 Å². The summed E-state index contributed by atoms with van der Waals surface area (Å²) in [5, 5.41) is 4.54. The summed E-state index contributed by atoms with van der Waals surface area (Å²) in [6, 6.07) is 10.4. The number of nitrogens with two attached hydrogens (primary N) is 1. The quantitative estimate of drug-likeness (QED) is 0.818. The molecule has 0 saturated carbocycles. The number of para-hydroxylation sites is 1. The second-order valence-electron chi connectivity index (χ2n) is 3.77. The van der Waals surface area contributed by atoms with E-state index in [-0.39, 0.29) is 6.04 Å². The summed E-state index contributed by atoms with van der Waals surface area (Å²) in [6.07, 6.45) is 1.82. The highest BCUT2D eigenvalue weighted by atomic mass is 14.9. The van der Waals surface area contributed by atoms with Crippen molar-refractivity contribution in [3.8, 4) is 0 Å². The van der Waals surface area contributed by atoms with Crippen LogP contribution in [-0.2, 0) is 0 Å². The molecule has 1 heterocycles. The molecule has 1 aromatic heterocycles. The van der Waals surface area contributed by atoms with Gasteiger partial charge in [-0.15, -0.1) is 0 Å². The first-order chi connectivity index (χ1) is 7.86. The topological polar surface area (TPSA) is 50.9 Å². The molecule has 0 bridgehead atoms. The van der Waals surface area contributed by atoms with E-state index < -0.39 is 0 Å². The Morgan fingerprint density at radius 1 is 1.31 bits per heavy atom. The van der Waals surface area contributed by atoms with E-state index in [9.17, 15) is 0 Å². The zero-order chi connectivity index (χ0) is 11.4. The molecule has 84 valence electrons. The number of hydrogen-bond donors (Lipinski definition) is 2. The Morgan fingerprint density at radius 3 is 2.88 bits per heavy atom. The van der Waals surface area contributed by atoms with Crippen LogP contribution in [0.5, 0.6) is 0 Å². The van der Waals surface area contributed by atoms with Gasteiger partial charge in [0.1, 0.15) is 0 Å². The number of aromatic nitrogens is 1. The number of likely N-dealkylation sites (N-methyl/N-ethyl adjacent to an activating group) is 1. The van der Waals surface area contributed by atoms with Crippen LogP contribution in [0.2, 0.25) is 0 Å². The highest BCUT2D eigenvalue weighted by molar-refractivity contribution is 5.82. The van der Waals surface area contributed by atoms with Crippen molar-refractivity contribution in [1.82, 2.24) is 10.3 Å². The third kappa shape index (κ3) is 2.05. The van der Waals surface area contributed by atoms with Gasteiger partial charge in [-0.1, -0.05) is 31.2 Å². The number of benzene rings is 1. The minimum Gasteiger partial charge on any atom is -0.329 e. The highest BCUT2D eigenvalue weighted by Gasteiger charge is 2.11. The van der Waals surface area contributed by atoms with Crippen LogP contribution >= 0.6 is 0 Å². The van der Waals surface area contributed by atoms with Crippen LogP contribution in [0, 0.1) is 0 Å². The third-order valence-electron chi connectivity index (χ3n) is 2.73. The standard InChI is InChI=1S/C13H17N3/c1-2-15-12(9-14)11-7-3-5-10-6-4-8-16-13(10)11/h3-8,12,15H,2,9,14H2,1H3. The Hall–Kier alpha value is -1.45. The van der Waals surface area contributed by atoms with Crippen LogP contribution < -0.4 is 11.1 Å². The fourth-order valence-corrected chi connectivity index (χ4v) is 1.98. The van der Waals surface area contributed by atoms with Gasteiger partial charge in [0.2, 0.25) is 0 Å². The number of pyridine rings is 1. The first-order valence-corrected chi connectivity index (χ1v) is 5.64. The van der Waals surface area contributed by atoms with E-state index in [0.29, 0.717) is 6.54 Å². The number of nitrogens with one attached hydrogen (secondary N) is 1. The van der Waals surface area contributed by atoms with Gasteiger partial charge in [-0.3, -0.25) is 4.98 Å². The molecule has 0 fully saturated rings. The lowest BCUT2D eigenvalue weighted by atomic mass is 10.0. The van der Waals surface area contributed by atoms with Gasteiger partial charge < -0.3 is 11.1 Å². The maximum Gasteiger partial charge on any atom is 0.0750 e. The van der Waals surface area contributed by atoms with Crippen molar-refractivity contribution in [3.63, 3.8) is 0 Å². The van der Waals surface area contributed by atoms with E-state index in [4.69, 9.17) is 5.73 Å². The molecule has 0 aliphatic rings. The smallest absolute Gasteiger partial charge is 0.0750 e. The summed E-state index contributed by atoms with van der Waals surface area (Å²) < 4.78 is 0. The molecular formula is C13H17N3. The molecule has 1 atom stereocenters. The van der Waals surface area contributed by atoms with Gasteiger partial charge in [-0.05, 0) is 18.2 Å². The number of fused-ring (bicyclic) bond motifs is 1. The predicted octanol–water partition coefficient (Wildman–Crippen LogP) is 1.84. The normalized spacial score (nSPS) is 12.9. The van der Waals surface area contributed by atoms with Gasteiger partial charge in [0, 0.05) is 24.2 Å². The van der Waals surface area contributed by atoms with E-state index in [1.807, 2.05) is 12.3 Å². The Balaban J connectivity index is 2.50. The molecule has 16 heavy (non-hydrogen) atoms. The predicted molar refractivity (Wildman–Crippen MR) is 67.2 cm³/mol. The molecule has 1 aromatic carbocycles. The van der Waals surface area contributed by atoms with Crippen molar-refractivity contribution < 1.29 is 0 Å². The van der Waals surface area contributed by atoms with Gasteiger partial charge in [0.05, 0.1) is 5.52 Å². The monoisotopic (exact) mass is 215 g/mol. The molecule has 0 radical (unpaired) electrons. The summed E-state index contributed by atoms with van der Waals surface area (Å²) in [5.41, 5.74) is 8.02. The van der Waals surface area contributed by atoms with E-state index in [2.05, 4.69) is 41.5 Å². The van der Waals surface area contributed by atoms with Crippen molar-refractivity contribution in [3.05, 3.63) is 42.1 Å². The van der Waals surface area contributed by atoms with Crippen molar-refractivity contribution >= 4 is 10.9 Å². The molecule has 2 aromatic rings. The van der Waals surface area contributed by atoms with Crippen LogP contribution in [0.1, 0.15) is 18.5 Å². The SMILES string of the molecule is CCNC(CN)c1cccc2cccnc12. The van der Waals surface area contributed by atoms with Crippen molar-refractivity contribution in [1.29, 1.82) is 0 Å². The number of rotatable bonds is 4. The summed E-state index contributed by atoms with van der Waals surface area (Å²) >= 11 is 0. The van der Waals surface area contributed by atoms with Crippen LogP contribution in [0.3, 0.4) is 0 Å². The second-order valence-corrected chi connectivity index (χ2v) is 3.77. The number of nitrogens with zero attached hydrogens (tertiary/aromatic N) is 1. The molecule has 3 N–H and O–H groups in total. The van der Waals surface area contributed by atoms with Crippen molar-refractivity contribution in [2.75, 3.05) is 13.1 Å². The minimum absolute atomic E-state index is 0.184. The van der Waals surface area contributed by atoms with E-state index in [1.165, 1.54) is 5.56 Å². The Morgan fingerprint density at radius 2 is 2.12 bits per heavy atom. The Kier molecular flexibility index (Phi) is 3.49. The minimum atomic E-state index is 0.184. The Bertz CT molecular complexity index is 462.